The van der Waals surface area contributed by atoms with Crippen LogP contribution in [0.1, 0.15) is 11.3 Å². The van der Waals surface area contributed by atoms with Crippen molar-refractivity contribution < 1.29 is 9.57 Å². The molecule has 1 aromatic carbocycles. The predicted octanol–water partition coefficient (Wildman–Crippen LogP) is 5.49. The Morgan fingerprint density at radius 2 is 2.00 bits per heavy atom. The van der Waals surface area contributed by atoms with Gasteiger partial charge in [-0.25, -0.2) is 9.67 Å². The number of oxime groups is 1. The molecule has 1 aliphatic heterocycles. The van der Waals surface area contributed by atoms with Gasteiger partial charge in [0.15, 0.2) is 12.4 Å². The standard InChI is InChI=1S/C18H11BrCl3N5O2S/c19-14-8-13(27(25-14)16-11(21)2-1-3-23-16)18(30)24-15-10(6-9(20)7-12(15)22)17-26-29-5-4-28-17/h1-3,6-8H,4-5H2,(H,24,30). The zero-order valence-electron chi connectivity index (χ0n) is 14.9. The minimum Gasteiger partial charge on any atom is -0.471 e. The number of hydrogen-bond acceptors (Lipinski definition) is 6. The number of ether oxygens (including phenoxy) is 1. The highest BCUT2D eigenvalue weighted by Gasteiger charge is 2.22. The lowest BCUT2D eigenvalue weighted by atomic mass is 10.1. The third-order valence-electron chi connectivity index (χ3n) is 3.94. The van der Waals surface area contributed by atoms with Crippen LogP contribution in [0.15, 0.2) is 46.3 Å². The number of nitrogens with zero attached hydrogens (tertiary/aromatic N) is 4. The topological polar surface area (TPSA) is 73.6 Å². The molecule has 0 radical (unpaired) electrons. The van der Waals surface area contributed by atoms with Crippen LogP contribution in [0.25, 0.3) is 5.82 Å². The van der Waals surface area contributed by atoms with E-state index in [0.717, 1.165) is 0 Å². The van der Waals surface area contributed by atoms with E-state index in [1.54, 1.807) is 36.5 Å². The van der Waals surface area contributed by atoms with Crippen LogP contribution in [0, 0.1) is 0 Å². The maximum absolute atomic E-state index is 6.45. The van der Waals surface area contributed by atoms with Crippen molar-refractivity contribution in [3.63, 3.8) is 0 Å². The van der Waals surface area contributed by atoms with Crippen molar-refractivity contribution in [1.82, 2.24) is 14.8 Å². The molecule has 3 heterocycles. The highest BCUT2D eigenvalue weighted by molar-refractivity contribution is 9.10. The number of thiocarbonyl (C=S) groups is 1. The Bertz CT molecular complexity index is 1170. The van der Waals surface area contributed by atoms with Gasteiger partial charge in [-0.15, -0.1) is 0 Å². The Balaban J connectivity index is 1.74. The van der Waals surface area contributed by atoms with E-state index in [2.05, 4.69) is 36.5 Å². The molecule has 4 rings (SSSR count). The van der Waals surface area contributed by atoms with Gasteiger partial charge in [-0.2, -0.15) is 5.10 Å². The Morgan fingerprint density at radius 3 is 2.73 bits per heavy atom. The summed E-state index contributed by atoms with van der Waals surface area (Å²) < 4.78 is 7.67. The van der Waals surface area contributed by atoms with Gasteiger partial charge < -0.3 is 14.9 Å². The van der Waals surface area contributed by atoms with Gasteiger partial charge in [-0.05, 0) is 45.4 Å². The summed E-state index contributed by atoms with van der Waals surface area (Å²) in [5, 5.41) is 12.6. The lowest BCUT2D eigenvalue weighted by Gasteiger charge is -2.19. The van der Waals surface area contributed by atoms with E-state index in [1.165, 1.54) is 4.68 Å². The summed E-state index contributed by atoms with van der Waals surface area (Å²) in [6.45, 7) is 0.710. The Labute approximate surface area is 200 Å². The number of benzene rings is 1. The Kier molecular flexibility index (Phi) is 6.45. The molecule has 0 bridgehead atoms. The van der Waals surface area contributed by atoms with Gasteiger partial charge >= 0.3 is 0 Å². The molecule has 12 heteroatoms. The zero-order valence-corrected chi connectivity index (χ0v) is 19.6. The number of hydrogen-bond donors (Lipinski definition) is 1. The summed E-state index contributed by atoms with van der Waals surface area (Å²) in [7, 11) is 0. The third-order valence-corrected chi connectivity index (χ3v) is 5.45. The zero-order chi connectivity index (χ0) is 21.3. The minimum absolute atomic E-state index is 0.249. The van der Waals surface area contributed by atoms with Crippen LogP contribution in [0.3, 0.4) is 0 Å². The highest BCUT2D eigenvalue weighted by Crippen LogP contribution is 2.32. The van der Waals surface area contributed by atoms with Crippen molar-refractivity contribution in [3.8, 4) is 5.82 Å². The van der Waals surface area contributed by atoms with Gasteiger partial charge in [0.1, 0.15) is 21.9 Å². The van der Waals surface area contributed by atoms with Crippen LogP contribution in [-0.2, 0) is 9.57 Å². The van der Waals surface area contributed by atoms with Crippen molar-refractivity contribution in [2.24, 2.45) is 5.16 Å². The molecular formula is C18H11BrCl3N5O2S. The van der Waals surface area contributed by atoms with Gasteiger partial charge in [-0.3, -0.25) is 0 Å². The smallest absolute Gasteiger partial charge is 0.259 e. The highest BCUT2D eigenvalue weighted by atomic mass is 79.9. The molecular weight excluding hydrogens is 537 g/mol. The predicted molar refractivity (Wildman–Crippen MR) is 124 cm³/mol. The molecule has 30 heavy (non-hydrogen) atoms. The van der Waals surface area contributed by atoms with Crippen molar-refractivity contribution in [3.05, 3.63) is 67.5 Å². The molecule has 2 aromatic heterocycles. The summed E-state index contributed by atoms with van der Waals surface area (Å²) in [6.07, 6.45) is 1.61. The molecule has 7 nitrogen and oxygen atoms in total. The van der Waals surface area contributed by atoms with Gasteiger partial charge in [-0.1, -0.05) is 47.0 Å². The molecule has 1 N–H and O–H groups in total. The number of halogens is 4. The first-order chi connectivity index (χ1) is 14.4. The fourth-order valence-electron chi connectivity index (χ4n) is 2.69. The van der Waals surface area contributed by atoms with Crippen LogP contribution in [-0.4, -0.2) is 38.9 Å². The van der Waals surface area contributed by atoms with Crippen molar-refractivity contribution in [1.29, 1.82) is 0 Å². The van der Waals surface area contributed by atoms with Crippen LogP contribution in [0.5, 0.6) is 0 Å². The lowest BCUT2D eigenvalue weighted by Crippen LogP contribution is -2.22. The Hall–Kier alpha value is -1.91. The molecule has 0 unspecified atom stereocenters. The van der Waals surface area contributed by atoms with Gasteiger partial charge in [0.2, 0.25) is 0 Å². The SMILES string of the molecule is S=C(Nc1c(Cl)cc(Cl)cc1C1=NOCCO1)c1cc(Br)nn1-c1ncccc1Cl. The van der Waals surface area contributed by atoms with E-state index in [4.69, 9.17) is 56.6 Å². The van der Waals surface area contributed by atoms with E-state index in [-0.39, 0.29) is 5.90 Å². The van der Waals surface area contributed by atoms with Crippen molar-refractivity contribution >= 4 is 79.5 Å². The van der Waals surface area contributed by atoms with Crippen molar-refractivity contribution in [2.45, 2.75) is 0 Å². The molecule has 154 valence electrons. The molecule has 1 aliphatic rings. The summed E-state index contributed by atoms with van der Waals surface area (Å²) >= 11 is 27.9. The van der Waals surface area contributed by atoms with E-state index in [0.29, 0.717) is 60.6 Å². The molecule has 0 atom stereocenters. The van der Waals surface area contributed by atoms with E-state index in [1.807, 2.05) is 0 Å². The second-order valence-electron chi connectivity index (χ2n) is 5.92. The van der Waals surface area contributed by atoms with Gasteiger partial charge in [0, 0.05) is 17.3 Å². The quantitative estimate of drug-likeness (QED) is 0.436. The first kappa shape index (κ1) is 21.3. The monoisotopic (exact) mass is 545 g/mol. The number of anilines is 1. The van der Waals surface area contributed by atoms with Crippen LogP contribution in [0.4, 0.5) is 5.69 Å². The molecule has 0 saturated carbocycles. The molecule has 0 saturated heterocycles. The van der Waals surface area contributed by atoms with Crippen molar-refractivity contribution in [2.75, 3.05) is 18.5 Å². The average molecular weight is 548 g/mol. The number of rotatable bonds is 4. The van der Waals surface area contributed by atoms with Gasteiger partial charge in [0.05, 0.1) is 21.3 Å². The maximum atomic E-state index is 6.45. The summed E-state index contributed by atoms with van der Waals surface area (Å²) in [5.74, 6) is 0.679. The Morgan fingerprint density at radius 1 is 1.17 bits per heavy atom. The summed E-state index contributed by atoms with van der Waals surface area (Å²) in [6, 6.07) is 8.43. The third kappa shape index (κ3) is 4.40. The summed E-state index contributed by atoms with van der Waals surface area (Å²) in [5.41, 5.74) is 1.51. The number of nitrogens with one attached hydrogen (secondary N) is 1. The van der Waals surface area contributed by atoms with Crippen LogP contribution >= 0.6 is 63.0 Å². The lowest BCUT2D eigenvalue weighted by molar-refractivity contribution is 0.0656. The number of pyridine rings is 1. The summed E-state index contributed by atoms with van der Waals surface area (Å²) in [4.78, 5) is 9.74. The molecule has 0 amide bonds. The number of aromatic nitrogens is 3. The first-order valence-corrected chi connectivity index (χ1v) is 10.8. The average Bonchev–Trinajstić information content (AvgIpc) is 3.12. The second kappa shape index (κ2) is 9.07. The molecule has 0 spiro atoms. The molecule has 0 aliphatic carbocycles. The normalized spacial score (nSPS) is 13.3. The largest absolute Gasteiger partial charge is 0.471 e. The maximum Gasteiger partial charge on any atom is 0.259 e. The second-order valence-corrected chi connectivity index (χ2v) is 8.39. The van der Waals surface area contributed by atoms with Crippen LogP contribution < -0.4 is 5.32 Å². The van der Waals surface area contributed by atoms with E-state index >= 15 is 0 Å². The fraction of sp³-hybridized carbons (Fsp3) is 0.111. The van der Waals surface area contributed by atoms with Crippen LogP contribution in [0.2, 0.25) is 15.1 Å². The van der Waals surface area contributed by atoms with E-state index in [9.17, 15) is 0 Å². The first-order valence-electron chi connectivity index (χ1n) is 8.44. The molecule has 3 aromatic rings. The fourth-order valence-corrected chi connectivity index (χ4v) is 4.05. The molecule has 0 fully saturated rings. The minimum atomic E-state index is 0.249. The van der Waals surface area contributed by atoms with E-state index < -0.39 is 0 Å². The van der Waals surface area contributed by atoms with Gasteiger partial charge in [0.25, 0.3) is 5.90 Å².